The lowest BCUT2D eigenvalue weighted by Gasteiger charge is -2.09. The van der Waals surface area contributed by atoms with E-state index >= 15 is 0 Å². The monoisotopic (exact) mass is 335 g/mol. The van der Waals surface area contributed by atoms with Crippen LogP contribution in [-0.4, -0.2) is 9.38 Å². The molecule has 0 saturated carbocycles. The van der Waals surface area contributed by atoms with Crippen molar-refractivity contribution >= 4 is 11.5 Å². The standard InChI is InChI=1S/C20H15F2N3/c21-16-8-4-14(5-9-16)13-23-20-19(15-6-10-17(22)11-7-15)24-18-3-1-2-12-25(18)20/h1-12,23H,13H2. The largest absolute Gasteiger partial charge is 0.365 e. The molecule has 2 aromatic heterocycles. The van der Waals surface area contributed by atoms with Crippen molar-refractivity contribution < 1.29 is 8.78 Å². The van der Waals surface area contributed by atoms with Crippen molar-refractivity contribution in [2.45, 2.75) is 6.54 Å². The van der Waals surface area contributed by atoms with Crippen LogP contribution in [0.25, 0.3) is 16.9 Å². The van der Waals surface area contributed by atoms with Crippen LogP contribution in [0.4, 0.5) is 14.6 Å². The van der Waals surface area contributed by atoms with Gasteiger partial charge >= 0.3 is 0 Å². The van der Waals surface area contributed by atoms with Crippen molar-refractivity contribution in [3.05, 3.63) is 90.1 Å². The average molecular weight is 335 g/mol. The van der Waals surface area contributed by atoms with Crippen LogP contribution in [-0.2, 0) is 6.54 Å². The molecular formula is C20H15F2N3. The molecule has 0 bridgehead atoms. The van der Waals surface area contributed by atoms with E-state index in [4.69, 9.17) is 0 Å². The molecule has 2 heterocycles. The predicted octanol–water partition coefficient (Wildman–Crippen LogP) is 4.89. The SMILES string of the molecule is Fc1ccc(CNc2c(-c3ccc(F)cc3)nc3ccccn23)cc1. The van der Waals surface area contributed by atoms with Crippen molar-refractivity contribution in [2.24, 2.45) is 0 Å². The molecule has 0 atom stereocenters. The molecule has 0 spiro atoms. The third-order valence-corrected chi connectivity index (χ3v) is 4.02. The average Bonchev–Trinajstić information content (AvgIpc) is 3.00. The molecule has 2 aromatic carbocycles. The fraction of sp³-hybridized carbons (Fsp3) is 0.0500. The van der Waals surface area contributed by atoms with E-state index in [1.54, 1.807) is 24.3 Å². The molecule has 0 saturated heterocycles. The van der Waals surface area contributed by atoms with Crippen molar-refractivity contribution in [3.63, 3.8) is 0 Å². The first-order valence-electron chi connectivity index (χ1n) is 7.92. The third kappa shape index (κ3) is 3.08. The second kappa shape index (κ2) is 6.36. The first kappa shape index (κ1) is 15.3. The number of hydrogen-bond donors (Lipinski definition) is 1. The van der Waals surface area contributed by atoms with Crippen LogP contribution in [0.2, 0.25) is 0 Å². The van der Waals surface area contributed by atoms with Gasteiger partial charge in [-0.1, -0.05) is 18.2 Å². The summed E-state index contributed by atoms with van der Waals surface area (Å²) in [6.45, 7) is 0.525. The summed E-state index contributed by atoms with van der Waals surface area (Å²) >= 11 is 0. The van der Waals surface area contributed by atoms with Crippen molar-refractivity contribution in [3.8, 4) is 11.3 Å². The molecule has 0 unspecified atom stereocenters. The number of imidazole rings is 1. The highest BCUT2D eigenvalue weighted by molar-refractivity contribution is 5.76. The van der Waals surface area contributed by atoms with Gasteiger partial charge in [-0.3, -0.25) is 4.40 Å². The van der Waals surface area contributed by atoms with Gasteiger partial charge in [0.1, 0.15) is 28.8 Å². The van der Waals surface area contributed by atoms with Crippen molar-refractivity contribution in [2.75, 3.05) is 5.32 Å². The summed E-state index contributed by atoms with van der Waals surface area (Å²) in [4.78, 5) is 4.66. The molecule has 1 N–H and O–H groups in total. The van der Waals surface area contributed by atoms with Crippen LogP contribution in [0.5, 0.6) is 0 Å². The normalized spacial score (nSPS) is 11.0. The maximum Gasteiger partial charge on any atom is 0.139 e. The van der Waals surface area contributed by atoms with Gasteiger partial charge in [-0.2, -0.15) is 0 Å². The topological polar surface area (TPSA) is 29.3 Å². The zero-order chi connectivity index (χ0) is 17.2. The first-order chi connectivity index (χ1) is 12.2. The summed E-state index contributed by atoms with van der Waals surface area (Å²) in [6.07, 6.45) is 1.92. The Hall–Kier alpha value is -3.21. The highest BCUT2D eigenvalue weighted by Gasteiger charge is 2.13. The third-order valence-electron chi connectivity index (χ3n) is 4.02. The highest BCUT2D eigenvalue weighted by Crippen LogP contribution is 2.29. The van der Waals surface area contributed by atoms with Crippen molar-refractivity contribution in [1.82, 2.24) is 9.38 Å². The Morgan fingerprint density at radius 2 is 1.52 bits per heavy atom. The maximum absolute atomic E-state index is 13.2. The molecular weight excluding hydrogens is 320 g/mol. The molecule has 124 valence electrons. The number of pyridine rings is 1. The van der Waals surface area contributed by atoms with Gasteiger partial charge in [-0.05, 0) is 54.1 Å². The number of halogens is 2. The molecule has 0 aliphatic carbocycles. The minimum Gasteiger partial charge on any atom is -0.365 e. The second-order valence-corrected chi connectivity index (χ2v) is 5.72. The minimum absolute atomic E-state index is 0.259. The highest BCUT2D eigenvalue weighted by atomic mass is 19.1. The van der Waals surface area contributed by atoms with E-state index < -0.39 is 0 Å². The number of rotatable bonds is 4. The molecule has 5 heteroatoms. The Bertz CT molecular complexity index is 1010. The van der Waals surface area contributed by atoms with Crippen LogP contribution in [0, 0.1) is 11.6 Å². The fourth-order valence-corrected chi connectivity index (χ4v) is 2.76. The Morgan fingerprint density at radius 3 is 2.24 bits per heavy atom. The van der Waals surface area contributed by atoms with Gasteiger partial charge in [0.25, 0.3) is 0 Å². The van der Waals surface area contributed by atoms with Gasteiger partial charge < -0.3 is 5.32 Å². The Morgan fingerprint density at radius 1 is 0.840 bits per heavy atom. The number of nitrogens with zero attached hydrogens (tertiary/aromatic N) is 2. The van der Waals surface area contributed by atoms with Crippen LogP contribution >= 0.6 is 0 Å². The number of benzene rings is 2. The number of anilines is 1. The van der Waals surface area contributed by atoms with Gasteiger partial charge in [0.05, 0.1) is 0 Å². The first-order valence-corrected chi connectivity index (χ1v) is 7.92. The smallest absolute Gasteiger partial charge is 0.139 e. The van der Waals surface area contributed by atoms with Crippen LogP contribution in [0.3, 0.4) is 0 Å². The Kier molecular flexibility index (Phi) is 3.90. The Balaban J connectivity index is 1.73. The van der Waals surface area contributed by atoms with Crippen LogP contribution < -0.4 is 5.32 Å². The second-order valence-electron chi connectivity index (χ2n) is 5.72. The van der Waals surface area contributed by atoms with Crippen LogP contribution in [0.1, 0.15) is 5.56 Å². The van der Waals surface area contributed by atoms with E-state index in [1.165, 1.54) is 24.3 Å². The van der Waals surface area contributed by atoms with E-state index in [9.17, 15) is 8.78 Å². The van der Waals surface area contributed by atoms with E-state index in [0.29, 0.717) is 6.54 Å². The lowest BCUT2D eigenvalue weighted by atomic mass is 10.1. The van der Waals surface area contributed by atoms with Gasteiger partial charge in [0.2, 0.25) is 0 Å². The van der Waals surface area contributed by atoms with Gasteiger partial charge in [-0.25, -0.2) is 13.8 Å². The summed E-state index contributed by atoms with van der Waals surface area (Å²) in [5.74, 6) is 0.269. The molecule has 0 radical (unpaired) electrons. The molecule has 0 amide bonds. The summed E-state index contributed by atoms with van der Waals surface area (Å²) in [7, 11) is 0. The van der Waals surface area contributed by atoms with E-state index in [-0.39, 0.29) is 11.6 Å². The molecule has 0 aliphatic heterocycles. The maximum atomic E-state index is 13.2. The summed E-state index contributed by atoms with van der Waals surface area (Å²) in [5.41, 5.74) is 3.32. The summed E-state index contributed by atoms with van der Waals surface area (Å²) < 4.78 is 28.2. The number of nitrogens with one attached hydrogen (secondary N) is 1. The van der Waals surface area contributed by atoms with E-state index in [0.717, 1.165) is 28.3 Å². The molecule has 0 aliphatic rings. The number of fused-ring (bicyclic) bond motifs is 1. The van der Waals surface area contributed by atoms with Crippen LogP contribution in [0.15, 0.2) is 72.9 Å². The van der Waals surface area contributed by atoms with Gasteiger partial charge in [0.15, 0.2) is 0 Å². The Labute approximate surface area is 143 Å². The van der Waals surface area contributed by atoms with E-state index in [1.807, 2.05) is 28.8 Å². The zero-order valence-corrected chi connectivity index (χ0v) is 13.3. The summed E-state index contributed by atoms with van der Waals surface area (Å²) in [6, 6.07) is 18.4. The molecule has 0 fully saturated rings. The lowest BCUT2D eigenvalue weighted by molar-refractivity contribution is 0.627. The minimum atomic E-state index is -0.284. The molecule has 25 heavy (non-hydrogen) atoms. The van der Waals surface area contributed by atoms with Crippen molar-refractivity contribution in [1.29, 1.82) is 0 Å². The molecule has 4 aromatic rings. The molecule has 4 rings (SSSR count). The van der Waals surface area contributed by atoms with Gasteiger partial charge in [-0.15, -0.1) is 0 Å². The summed E-state index contributed by atoms with van der Waals surface area (Å²) in [5, 5.41) is 3.37. The number of aromatic nitrogens is 2. The lowest BCUT2D eigenvalue weighted by Crippen LogP contribution is -2.03. The van der Waals surface area contributed by atoms with E-state index in [2.05, 4.69) is 10.3 Å². The molecule has 3 nitrogen and oxygen atoms in total. The fourth-order valence-electron chi connectivity index (χ4n) is 2.76. The zero-order valence-electron chi connectivity index (χ0n) is 13.3. The van der Waals surface area contributed by atoms with Gasteiger partial charge in [0, 0.05) is 18.3 Å². The number of hydrogen-bond acceptors (Lipinski definition) is 2. The predicted molar refractivity (Wildman–Crippen MR) is 94.3 cm³/mol. The quantitative estimate of drug-likeness (QED) is 0.575.